The summed E-state index contributed by atoms with van der Waals surface area (Å²) in [6.45, 7) is 0.0569. The van der Waals surface area contributed by atoms with Crippen LogP contribution in [0.3, 0.4) is 0 Å². The second-order valence-corrected chi connectivity index (χ2v) is 3.95. The molecule has 1 aromatic carbocycles. The summed E-state index contributed by atoms with van der Waals surface area (Å²) in [4.78, 5) is 16.6. The van der Waals surface area contributed by atoms with Crippen LogP contribution in [0.1, 0.15) is 11.6 Å². The summed E-state index contributed by atoms with van der Waals surface area (Å²) in [5.74, 6) is 2.04. The Morgan fingerprint density at radius 1 is 1.63 bits per heavy atom. The standard InChI is InChI=1S/C13H12FN3O2/c1-3-6-17-11(12(15)16-13(17)18)8-4-5-10(19-2)9(14)7-8/h1,4-5,7,11H,6H2,2H3,(H2,15,16,18). The number of carbonyl (C=O) groups excluding carboxylic acids is 1. The molecular weight excluding hydrogens is 249 g/mol. The van der Waals surface area contributed by atoms with Gasteiger partial charge >= 0.3 is 6.03 Å². The molecule has 0 saturated carbocycles. The van der Waals surface area contributed by atoms with E-state index in [1.54, 1.807) is 6.07 Å². The zero-order chi connectivity index (χ0) is 14.0. The number of terminal acetylenes is 1. The number of amides is 2. The maximum Gasteiger partial charge on any atom is 0.346 e. The lowest BCUT2D eigenvalue weighted by Gasteiger charge is -2.22. The number of nitrogens with two attached hydrogens (primary N) is 1. The van der Waals surface area contributed by atoms with E-state index in [9.17, 15) is 9.18 Å². The Kier molecular flexibility index (Phi) is 3.38. The minimum absolute atomic E-state index is 0.0569. The van der Waals surface area contributed by atoms with Crippen molar-refractivity contribution in [3.63, 3.8) is 0 Å². The third-order valence-electron chi connectivity index (χ3n) is 2.82. The van der Waals surface area contributed by atoms with Gasteiger partial charge in [0.15, 0.2) is 11.6 Å². The van der Waals surface area contributed by atoms with Crippen molar-refractivity contribution in [2.24, 2.45) is 10.7 Å². The van der Waals surface area contributed by atoms with E-state index < -0.39 is 17.9 Å². The van der Waals surface area contributed by atoms with Crippen LogP contribution in [0.25, 0.3) is 0 Å². The number of hydrogen-bond donors (Lipinski definition) is 1. The molecule has 19 heavy (non-hydrogen) atoms. The van der Waals surface area contributed by atoms with Gasteiger partial charge in [-0.3, -0.25) is 4.90 Å². The summed E-state index contributed by atoms with van der Waals surface area (Å²) in [5.41, 5.74) is 6.21. The molecule has 0 aliphatic carbocycles. The minimum Gasteiger partial charge on any atom is -0.494 e. The van der Waals surface area contributed by atoms with E-state index >= 15 is 0 Å². The van der Waals surface area contributed by atoms with Crippen molar-refractivity contribution < 1.29 is 13.9 Å². The van der Waals surface area contributed by atoms with Crippen molar-refractivity contribution in [2.75, 3.05) is 13.7 Å². The highest BCUT2D eigenvalue weighted by Crippen LogP contribution is 2.29. The van der Waals surface area contributed by atoms with Crippen LogP contribution in [0.5, 0.6) is 5.75 Å². The quantitative estimate of drug-likeness (QED) is 0.834. The van der Waals surface area contributed by atoms with Gasteiger partial charge in [-0.25, -0.2) is 9.18 Å². The van der Waals surface area contributed by atoms with E-state index in [0.717, 1.165) is 0 Å². The maximum atomic E-state index is 13.7. The molecule has 0 radical (unpaired) electrons. The summed E-state index contributed by atoms with van der Waals surface area (Å²) in [6, 6.07) is 3.19. The lowest BCUT2D eigenvalue weighted by Crippen LogP contribution is -2.33. The number of carbonyl (C=O) groups is 1. The molecule has 1 atom stereocenters. The zero-order valence-corrected chi connectivity index (χ0v) is 10.3. The number of nitrogens with zero attached hydrogens (tertiary/aromatic N) is 2. The number of halogens is 1. The molecular formula is C13H12FN3O2. The summed E-state index contributed by atoms with van der Waals surface area (Å²) in [7, 11) is 1.37. The fraction of sp³-hybridized carbons (Fsp3) is 0.231. The monoisotopic (exact) mass is 261 g/mol. The fourth-order valence-corrected chi connectivity index (χ4v) is 1.97. The Hall–Kier alpha value is -2.55. The largest absolute Gasteiger partial charge is 0.494 e. The van der Waals surface area contributed by atoms with Gasteiger partial charge in [0, 0.05) is 0 Å². The second kappa shape index (κ2) is 4.98. The summed E-state index contributed by atoms with van der Waals surface area (Å²) >= 11 is 0. The third-order valence-corrected chi connectivity index (χ3v) is 2.82. The van der Waals surface area contributed by atoms with Crippen molar-refractivity contribution in [3.8, 4) is 18.1 Å². The molecule has 1 heterocycles. The van der Waals surface area contributed by atoms with Gasteiger partial charge in [0.25, 0.3) is 0 Å². The lowest BCUT2D eigenvalue weighted by atomic mass is 10.0. The van der Waals surface area contributed by atoms with Crippen LogP contribution >= 0.6 is 0 Å². The van der Waals surface area contributed by atoms with E-state index in [4.69, 9.17) is 16.9 Å². The topological polar surface area (TPSA) is 67.9 Å². The van der Waals surface area contributed by atoms with Crippen molar-refractivity contribution in [1.82, 2.24) is 4.90 Å². The van der Waals surface area contributed by atoms with Crippen LogP contribution < -0.4 is 10.5 Å². The average Bonchev–Trinajstić information content (AvgIpc) is 2.65. The third kappa shape index (κ3) is 2.22. The molecule has 2 rings (SSSR count). The number of benzene rings is 1. The van der Waals surface area contributed by atoms with Crippen LogP contribution in [0.2, 0.25) is 0 Å². The molecule has 5 nitrogen and oxygen atoms in total. The van der Waals surface area contributed by atoms with Crippen LogP contribution in [0.15, 0.2) is 23.2 Å². The van der Waals surface area contributed by atoms with Crippen LogP contribution in [0.4, 0.5) is 9.18 Å². The number of urea groups is 1. The Morgan fingerprint density at radius 2 is 2.37 bits per heavy atom. The minimum atomic E-state index is -0.635. The number of rotatable bonds is 3. The number of amidine groups is 1. The number of methoxy groups -OCH3 is 1. The van der Waals surface area contributed by atoms with Crippen LogP contribution in [0, 0.1) is 18.2 Å². The van der Waals surface area contributed by atoms with Gasteiger partial charge in [0.2, 0.25) is 0 Å². The highest BCUT2D eigenvalue weighted by Gasteiger charge is 2.34. The number of hydrogen-bond acceptors (Lipinski definition) is 3. The first-order chi connectivity index (χ1) is 9.08. The van der Waals surface area contributed by atoms with E-state index in [1.165, 1.54) is 24.1 Å². The van der Waals surface area contributed by atoms with E-state index in [0.29, 0.717) is 5.56 Å². The van der Waals surface area contributed by atoms with Crippen molar-refractivity contribution >= 4 is 11.9 Å². The van der Waals surface area contributed by atoms with Gasteiger partial charge in [0.1, 0.15) is 11.9 Å². The number of ether oxygens (including phenoxy) is 1. The maximum absolute atomic E-state index is 13.7. The zero-order valence-electron chi connectivity index (χ0n) is 10.3. The smallest absolute Gasteiger partial charge is 0.346 e. The molecule has 1 aliphatic rings. The van der Waals surface area contributed by atoms with Gasteiger partial charge < -0.3 is 10.5 Å². The molecule has 0 spiro atoms. The first kappa shape index (κ1) is 12.9. The Balaban J connectivity index is 2.39. The van der Waals surface area contributed by atoms with Gasteiger partial charge in [-0.05, 0) is 17.7 Å². The lowest BCUT2D eigenvalue weighted by molar-refractivity contribution is 0.213. The van der Waals surface area contributed by atoms with Gasteiger partial charge in [-0.15, -0.1) is 6.42 Å². The molecule has 6 heteroatoms. The molecule has 0 aromatic heterocycles. The molecule has 0 bridgehead atoms. The molecule has 98 valence electrons. The van der Waals surface area contributed by atoms with E-state index in [1.807, 2.05) is 0 Å². The van der Waals surface area contributed by atoms with Crippen molar-refractivity contribution in [1.29, 1.82) is 0 Å². The van der Waals surface area contributed by atoms with Crippen LogP contribution in [-0.2, 0) is 0 Å². The van der Waals surface area contributed by atoms with Crippen molar-refractivity contribution in [2.45, 2.75) is 6.04 Å². The van der Waals surface area contributed by atoms with E-state index in [2.05, 4.69) is 10.9 Å². The predicted molar refractivity (Wildman–Crippen MR) is 68.3 cm³/mol. The molecule has 1 aromatic rings. The summed E-state index contributed by atoms with van der Waals surface area (Å²) < 4.78 is 18.5. The van der Waals surface area contributed by atoms with Crippen LogP contribution in [-0.4, -0.2) is 30.4 Å². The highest BCUT2D eigenvalue weighted by atomic mass is 19.1. The Labute approximate surface area is 109 Å². The SMILES string of the molecule is C#CCN1C(=O)N=C(N)C1c1ccc(OC)c(F)c1. The predicted octanol–water partition coefficient (Wildman–Crippen LogP) is 1.30. The molecule has 0 saturated heterocycles. The van der Waals surface area contributed by atoms with Gasteiger partial charge in [0.05, 0.1) is 13.7 Å². The first-order valence-electron chi connectivity index (χ1n) is 5.50. The molecule has 1 unspecified atom stereocenters. The molecule has 0 fully saturated rings. The Morgan fingerprint density at radius 3 is 2.95 bits per heavy atom. The van der Waals surface area contributed by atoms with Crippen molar-refractivity contribution in [3.05, 3.63) is 29.6 Å². The first-order valence-corrected chi connectivity index (χ1v) is 5.50. The molecule has 1 aliphatic heterocycles. The van der Waals surface area contributed by atoms with E-state index in [-0.39, 0.29) is 18.1 Å². The van der Waals surface area contributed by atoms with Gasteiger partial charge in [-0.2, -0.15) is 4.99 Å². The fourth-order valence-electron chi connectivity index (χ4n) is 1.97. The highest BCUT2D eigenvalue weighted by molar-refractivity contribution is 6.03. The normalized spacial score (nSPS) is 18.2. The number of aliphatic imine (C=N–C) groups is 1. The Bertz CT molecular complexity index is 592. The second-order valence-electron chi connectivity index (χ2n) is 3.95. The summed E-state index contributed by atoms with van der Waals surface area (Å²) in [5, 5.41) is 0. The van der Waals surface area contributed by atoms with Gasteiger partial charge in [-0.1, -0.05) is 12.0 Å². The summed E-state index contributed by atoms with van der Waals surface area (Å²) in [6.07, 6.45) is 5.20. The molecule has 2 amide bonds. The molecule has 2 N–H and O–H groups in total. The average molecular weight is 261 g/mol.